The summed E-state index contributed by atoms with van der Waals surface area (Å²) < 4.78 is -1.76. The fourth-order valence-corrected chi connectivity index (χ4v) is 0.919. The van der Waals surface area contributed by atoms with Crippen LogP contribution in [0.3, 0.4) is 0 Å². The Bertz CT molecular complexity index is 345. The number of halogens is 3. The van der Waals surface area contributed by atoms with Crippen LogP contribution in [0.25, 0.3) is 0 Å². The minimum Gasteiger partial charge on any atom is -0.376 e. The van der Waals surface area contributed by atoms with Gasteiger partial charge in [-0.25, -0.2) is 0 Å². The van der Waals surface area contributed by atoms with Crippen LogP contribution < -0.4 is 0 Å². The molecule has 0 bridgehead atoms. The van der Waals surface area contributed by atoms with E-state index in [1.165, 1.54) is 0 Å². The summed E-state index contributed by atoms with van der Waals surface area (Å²) in [5.74, 6) is 5.15. The molecule has 0 fully saturated rings. The Labute approximate surface area is 97.6 Å². The summed E-state index contributed by atoms with van der Waals surface area (Å²) in [5, 5.41) is 9.28. The van der Waals surface area contributed by atoms with Crippen molar-refractivity contribution >= 4 is 34.8 Å². The van der Waals surface area contributed by atoms with Gasteiger partial charge in [0.2, 0.25) is 3.79 Å². The highest BCUT2D eigenvalue weighted by Crippen LogP contribution is 2.29. The van der Waals surface area contributed by atoms with Crippen molar-refractivity contribution in [3.63, 3.8) is 0 Å². The maximum atomic E-state index is 9.28. The molecule has 0 saturated carbocycles. The first-order chi connectivity index (χ1) is 6.50. The highest BCUT2D eigenvalue weighted by molar-refractivity contribution is 6.68. The highest BCUT2D eigenvalue weighted by Gasteiger charge is 2.28. The quantitative estimate of drug-likeness (QED) is 0.554. The third kappa shape index (κ3) is 3.77. The molecule has 0 radical (unpaired) electrons. The van der Waals surface area contributed by atoms with Gasteiger partial charge in [-0.3, -0.25) is 0 Å². The van der Waals surface area contributed by atoms with Crippen molar-refractivity contribution in [1.29, 1.82) is 0 Å². The normalized spacial score (nSPS) is 12.9. The molecule has 1 aromatic carbocycles. The topological polar surface area (TPSA) is 20.2 Å². The van der Waals surface area contributed by atoms with Crippen LogP contribution in [0.1, 0.15) is 5.56 Å². The molecule has 0 heterocycles. The zero-order chi connectivity index (χ0) is 10.6. The Hall–Kier alpha value is -0.390. The molecule has 1 nitrogen and oxygen atoms in total. The second-order valence-corrected chi connectivity index (χ2v) is 4.95. The lowest BCUT2D eigenvalue weighted by molar-refractivity contribution is 0.237. The van der Waals surface area contributed by atoms with Gasteiger partial charge in [-0.15, -0.1) is 0 Å². The van der Waals surface area contributed by atoms with Crippen LogP contribution in [0.15, 0.2) is 30.3 Å². The molecule has 1 atom stereocenters. The standard InChI is InChI=1S/C10H7Cl3O/c11-10(12,13)9(14)7-6-8-4-2-1-3-5-8/h1-5,9,14H/t9-/m1/s1. The molecule has 0 aromatic heterocycles. The SMILES string of the molecule is O[C@H](C#Cc1ccccc1)C(Cl)(Cl)Cl. The minimum atomic E-state index is -1.76. The Balaban J connectivity index is 2.74. The van der Waals surface area contributed by atoms with E-state index in [2.05, 4.69) is 11.8 Å². The first kappa shape index (κ1) is 11.7. The van der Waals surface area contributed by atoms with Crippen molar-refractivity contribution in [2.24, 2.45) is 0 Å². The molecule has 1 rings (SSSR count). The molecule has 0 aliphatic heterocycles. The second-order valence-electron chi connectivity index (χ2n) is 2.58. The Morgan fingerprint density at radius 1 is 1.14 bits per heavy atom. The van der Waals surface area contributed by atoms with E-state index >= 15 is 0 Å². The average molecular weight is 250 g/mol. The molecule has 0 saturated heterocycles. The molecule has 0 aliphatic rings. The second kappa shape index (κ2) is 4.91. The molecule has 0 spiro atoms. The average Bonchev–Trinajstić information content (AvgIpc) is 2.14. The van der Waals surface area contributed by atoms with Gasteiger partial charge in [0.15, 0.2) is 6.10 Å². The van der Waals surface area contributed by atoms with Crippen molar-refractivity contribution in [3.05, 3.63) is 35.9 Å². The predicted octanol–water partition coefficient (Wildman–Crippen LogP) is 2.77. The fourth-order valence-electron chi connectivity index (χ4n) is 0.755. The lowest BCUT2D eigenvalue weighted by Crippen LogP contribution is -2.22. The molecule has 74 valence electrons. The Kier molecular flexibility index (Phi) is 4.10. The van der Waals surface area contributed by atoms with Gasteiger partial charge < -0.3 is 5.11 Å². The van der Waals surface area contributed by atoms with Crippen LogP contribution in [0.4, 0.5) is 0 Å². The van der Waals surface area contributed by atoms with Gasteiger partial charge in [-0.2, -0.15) is 0 Å². The molecule has 0 aliphatic carbocycles. The summed E-state index contributed by atoms with van der Waals surface area (Å²) in [6.07, 6.45) is -1.28. The Morgan fingerprint density at radius 2 is 1.71 bits per heavy atom. The molecule has 1 aromatic rings. The van der Waals surface area contributed by atoms with Crippen molar-refractivity contribution in [1.82, 2.24) is 0 Å². The van der Waals surface area contributed by atoms with E-state index in [1.807, 2.05) is 18.2 Å². The van der Waals surface area contributed by atoms with Crippen molar-refractivity contribution in [3.8, 4) is 11.8 Å². The van der Waals surface area contributed by atoms with Crippen LogP contribution in [0.5, 0.6) is 0 Å². The summed E-state index contributed by atoms with van der Waals surface area (Å²) in [5.41, 5.74) is 0.765. The minimum absolute atomic E-state index is 0.765. The van der Waals surface area contributed by atoms with Crippen LogP contribution in [-0.4, -0.2) is 15.0 Å². The molecule has 4 heteroatoms. The van der Waals surface area contributed by atoms with Crippen LogP contribution in [0.2, 0.25) is 0 Å². The van der Waals surface area contributed by atoms with Gasteiger partial charge in [0.1, 0.15) is 0 Å². The molecule has 14 heavy (non-hydrogen) atoms. The number of hydrogen-bond acceptors (Lipinski definition) is 1. The molecule has 0 amide bonds. The smallest absolute Gasteiger partial charge is 0.227 e. The van der Waals surface area contributed by atoms with Gasteiger partial charge in [0.05, 0.1) is 0 Å². The monoisotopic (exact) mass is 248 g/mol. The first-order valence-corrected chi connectivity index (χ1v) is 4.95. The largest absolute Gasteiger partial charge is 0.376 e. The van der Waals surface area contributed by atoms with E-state index < -0.39 is 9.90 Å². The summed E-state index contributed by atoms with van der Waals surface area (Å²) in [6.45, 7) is 0. The van der Waals surface area contributed by atoms with Gasteiger partial charge >= 0.3 is 0 Å². The number of aliphatic hydroxyl groups is 1. The third-order valence-corrected chi connectivity index (χ3v) is 2.06. The van der Waals surface area contributed by atoms with E-state index in [-0.39, 0.29) is 0 Å². The van der Waals surface area contributed by atoms with Crippen molar-refractivity contribution in [2.75, 3.05) is 0 Å². The molecule has 1 N–H and O–H groups in total. The zero-order valence-electron chi connectivity index (χ0n) is 7.05. The number of aliphatic hydroxyl groups excluding tert-OH is 1. The van der Waals surface area contributed by atoms with E-state index in [0.29, 0.717) is 0 Å². The summed E-state index contributed by atoms with van der Waals surface area (Å²) in [6, 6.07) is 9.16. The number of benzene rings is 1. The van der Waals surface area contributed by atoms with E-state index in [0.717, 1.165) is 5.56 Å². The number of hydrogen-bond donors (Lipinski definition) is 1. The van der Waals surface area contributed by atoms with Gasteiger partial charge in [0, 0.05) is 5.56 Å². The van der Waals surface area contributed by atoms with Crippen LogP contribution in [-0.2, 0) is 0 Å². The summed E-state index contributed by atoms with van der Waals surface area (Å²) in [7, 11) is 0. The predicted molar refractivity (Wildman–Crippen MR) is 59.6 cm³/mol. The van der Waals surface area contributed by atoms with Crippen molar-refractivity contribution < 1.29 is 5.11 Å². The van der Waals surface area contributed by atoms with Crippen LogP contribution >= 0.6 is 34.8 Å². The summed E-state index contributed by atoms with van der Waals surface area (Å²) >= 11 is 16.3. The lowest BCUT2D eigenvalue weighted by atomic mass is 10.2. The van der Waals surface area contributed by atoms with Gasteiger partial charge in [-0.05, 0) is 12.1 Å². The molecule has 0 unspecified atom stereocenters. The van der Waals surface area contributed by atoms with Crippen molar-refractivity contribution in [2.45, 2.75) is 9.90 Å². The van der Waals surface area contributed by atoms with E-state index in [4.69, 9.17) is 34.8 Å². The van der Waals surface area contributed by atoms with E-state index in [9.17, 15) is 5.11 Å². The number of alkyl halides is 3. The van der Waals surface area contributed by atoms with Gasteiger partial charge in [0.25, 0.3) is 0 Å². The maximum absolute atomic E-state index is 9.28. The lowest BCUT2D eigenvalue weighted by Gasteiger charge is -2.12. The molecular formula is C10H7Cl3O. The Morgan fingerprint density at radius 3 is 2.21 bits per heavy atom. The van der Waals surface area contributed by atoms with Gasteiger partial charge in [-0.1, -0.05) is 64.8 Å². The maximum Gasteiger partial charge on any atom is 0.227 e. The zero-order valence-corrected chi connectivity index (χ0v) is 9.31. The van der Waals surface area contributed by atoms with E-state index in [1.54, 1.807) is 12.1 Å². The fraction of sp³-hybridized carbons (Fsp3) is 0.200. The number of rotatable bonds is 0. The first-order valence-electron chi connectivity index (χ1n) is 3.81. The third-order valence-electron chi connectivity index (χ3n) is 1.44. The van der Waals surface area contributed by atoms with Crippen LogP contribution in [0, 0.1) is 11.8 Å². The molecular weight excluding hydrogens is 242 g/mol. The summed E-state index contributed by atoms with van der Waals surface area (Å²) in [4.78, 5) is 0. The highest BCUT2D eigenvalue weighted by atomic mass is 35.6.